The molecule has 0 aromatic heterocycles. The molecule has 0 bridgehead atoms. The van der Waals surface area contributed by atoms with Crippen LogP contribution in [0.5, 0.6) is 0 Å². The van der Waals surface area contributed by atoms with Crippen molar-refractivity contribution in [3.8, 4) is 0 Å². The third-order valence-corrected chi connectivity index (χ3v) is 5.30. The Hall–Kier alpha value is -3.37. The summed E-state index contributed by atoms with van der Waals surface area (Å²) in [6, 6.07) is 23.8. The van der Waals surface area contributed by atoms with E-state index in [-0.39, 0.29) is 5.91 Å². The van der Waals surface area contributed by atoms with E-state index in [4.69, 9.17) is 17.3 Å². The SMILES string of the molecule is NC(=O)[C@@H](Cc1c2ccccc2cc2ccccc12)NC(=O)c1ccc(Cl)cc1. The first-order chi connectivity index (χ1) is 14.0. The minimum atomic E-state index is -0.840. The number of amides is 2. The number of hydrogen-bond acceptors (Lipinski definition) is 2. The van der Waals surface area contributed by atoms with E-state index in [1.807, 2.05) is 48.5 Å². The van der Waals surface area contributed by atoms with Crippen LogP contribution in [0.1, 0.15) is 15.9 Å². The molecule has 4 aromatic rings. The Morgan fingerprint density at radius 2 is 1.41 bits per heavy atom. The zero-order valence-electron chi connectivity index (χ0n) is 15.6. The van der Waals surface area contributed by atoms with Crippen molar-refractivity contribution < 1.29 is 9.59 Å². The lowest BCUT2D eigenvalue weighted by Crippen LogP contribution is -2.45. The number of hydrogen-bond donors (Lipinski definition) is 2. The van der Waals surface area contributed by atoms with Crippen molar-refractivity contribution in [1.29, 1.82) is 0 Å². The summed E-state index contributed by atoms with van der Waals surface area (Å²) in [5.41, 5.74) is 7.05. The average Bonchev–Trinajstić information content (AvgIpc) is 2.73. The van der Waals surface area contributed by atoms with Crippen molar-refractivity contribution in [2.24, 2.45) is 5.73 Å². The second-order valence-electron chi connectivity index (χ2n) is 6.94. The number of rotatable bonds is 5. The monoisotopic (exact) mass is 402 g/mol. The molecule has 0 saturated carbocycles. The van der Waals surface area contributed by atoms with E-state index in [9.17, 15) is 9.59 Å². The van der Waals surface area contributed by atoms with Crippen LogP contribution in [0, 0.1) is 0 Å². The predicted molar refractivity (Wildman–Crippen MR) is 117 cm³/mol. The van der Waals surface area contributed by atoms with Gasteiger partial charge >= 0.3 is 0 Å². The maximum absolute atomic E-state index is 12.6. The number of carbonyl (C=O) groups is 2. The second kappa shape index (κ2) is 7.94. The maximum atomic E-state index is 12.6. The lowest BCUT2D eigenvalue weighted by molar-refractivity contribution is -0.119. The zero-order valence-corrected chi connectivity index (χ0v) is 16.3. The quantitative estimate of drug-likeness (QED) is 0.483. The van der Waals surface area contributed by atoms with Gasteiger partial charge in [0, 0.05) is 17.0 Å². The Bertz CT molecular complexity index is 1160. The van der Waals surface area contributed by atoms with E-state index in [2.05, 4.69) is 11.4 Å². The van der Waals surface area contributed by atoms with E-state index in [0.717, 1.165) is 27.1 Å². The first kappa shape index (κ1) is 19.0. The number of nitrogens with one attached hydrogen (secondary N) is 1. The molecule has 3 N–H and O–H groups in total. The normalized spacial score (nSPS) is 12.0. The van der Waals surface area contributed by atoms with Crippen LogP contribution in [0.15, 0.2) is 78.9 Å². The number of nitrogens with two attached hydrogens (primary N) is 1. The first-order valence-corrected chi connectivity index (χ1v) is 9.66. The summed E-state index contributed by atoms with van der Waals surface area (Å²) < 4.78 is 0. The van der Waals surface area contributed by atoms with Gasteiger partial charge < -0.3 is 11.1 Å². The van der Waals surface area contributed by atoms with Crippen molar-refractivity contribution in [1.82, 2.24) is 5.32 Å². The summed E-state index contributed by atoms with van der Waals surface area (Å²) in [4.78, 5) is 24.8. The average molecular weight is 403 g/mol. The summed E-state index contributed by atoms with van der Waals surface area (Å²) in [5.74, 6) is -0.945. The molecule has 1 atom stereocenters. The molecule has 0 saturated heterocycles. The number of benzene rings is 4. The summed E-state index contributed by atoms with van der Waals surface area (Å²) in [6.45, 7) is 0. The lowest BCUT2D eigenvalue weighted by Gasteiger charge is -2.19. The van der Waals surface area contributed by atoms with Crippen LogP contribution in [0.2, 0.25) is 5.02 Å². The molecule has 0 aliphatic carbocycles. The van der Waals surface area contributed by atoms with Gasteiger partial charge in [-0.15, -0.1) is 0 Å². The highest BCUT2D eigenvalue weighted by Crippen LogP contribution is 2.29. The fourth-order valence-electron chi connectivity index (χ4n) is 3.60. The summed E-state index contributed by atoms with van der Waals surface area (Å²) in [7, 11) is 0. The first-order valence-electron chi connectivity index (χ1n) is 9.28. The fraction of sp³-hybridized carbons (Fsp3) is 0.0833. The third kappa shape index (κ3) is 3.93. The number of primary amides is 1. The highest BCUT2D eigenvalue weighted by atomic mass is 35.5. The van der Waals surface area contributed by atoms with Gasteiger partial charge in [-0.05, 0) is 57.4 Å². The van der Waals surface area contributed by atoms with Gasteiger partial charge in [-0.25, -0.2) is 0 Å². The number of fused-ring (bicyclic) bond motifs is 2. The molecule has 0 fully saturated rings. The minimum Gasteiger partial charge on any atom is -0.368 e. The topological polar surface area (TPSA) is 72.2 Å². The van der Waals surface area contributed by atoms with Crippen LogP contribution in [0.3, 0.4) is 0 Å². The molecule has 2 amide bonds. The van der Waals surface area contributed by atoms with Crippen LogP contribution in [0.4, 0.5) is 0 Å². The molecule has 4 aromatic carbocycles. The molecule has 0 unspecified atom stereocenters. The maximum Gasteiger partial charge on any atom is 0.251 e. The van der Waals surface area contributed by atoms with Crippen LogP contribution in [-0.2, 0) is 11.2 Å². The number of carbonyl (C=O) groups excluding carboxylic acids is 2. The van der Waals surface area contributed by atoms with Crippen LogP contribution < -0.4 is 11.1 Å². The molecule has 4 rings (SSSR count). The van der Waals surface area contributed by atoms with Crippen LogP contribution in [0.25, 0.3) is 21.5 Å². The molecule has 0 radical (unpaired) electrons. The predicted octanol–water partition coefficient (Wildman–Crippen LogP) is 4.47. The fourth-order valence-corrected chi connectivity index (χ4v) is 3.72. The van der Waals surface area contributed by atoms with Gasteiger partial charge in [0.2, 0.25) is 5.91 Å². The van der Waals surface area contributed by atoms with Crippen LogP contribution >= 0.6 is 11.6 Å². The van der Waals surface area contributed by atoms with Crippen molar-refractivity contribution >= 4 is 45.0 Å². The minimum absolute atomic E-state index is 0.302. The third-order valence-electron chi connectivity index (χ3n) is 5.05. The standard InChI is InChI=1S/C24H19ClN2O2/c25-18-11-9-15(10-12-18)24(29)27-22(23(26)28)14-21-19-7-3-1-5-16(19)13-17-6-2-4-8-20(17)21/h1-13,22H,14H2,(H2,26,28)(H,27,29)/t22-/m1/s1. The Morgan fingerprint density at radius 3 is 1.97 bits per heavy atom. The summed E-state index contributed by atoms with van der Waals surface area (Å²) in [5, 5.41) is 7.55. The molecule has 0 aliphatic rings. The van der Waals surface area contributed by atoms with Gasteiger partial charge in [0.05, 0.1) is 0 Å². The molecule has 5 heteroatoms. The van der Waals surface area contributed by atoms with Crippen molar-refractivity contribution in [3.05, 3.63) is 95.0 Å². The van der Waals surface area contributed by atoms with E-state index in [1.54, 1.807) is 24.3 Å². The number of halogens is 1. The van der Waals surface area contributed by atoms with Crippen molar-refractivity contribution in [2.45, 2.75) is 12.5 Å². The largest absolute Gasteiger partial charge is 0.368 e. The molecule has 0 aliphatic heterocycles. The highest BCUT2D eigenvalue weighted by molar-refractivity contribution is 6.30. The van der Waals surface area contributed by atoms with Gasteiger partial charge in [-0.1, -0.05) is 60.1 Å². The molecular formula is C24H19ClN2O2. The molecule has 0 spiro atoms. The second-order valence-corrected chi connectivity index (χ2v) is 7.37. The van der Waals surface area contributed by atoms with Crippen LogP contribution in [-0.4, -0.2) is 17.9 Å². The molecule has 29 heavy (non-hydrogen) atoms. The van der Waals surface area contributed by atoms with Gasteiger partial charge in [0.25, 0.3) is 5.91 Å². The summed E-state index contributed by atoms with van der Waals surface area (Å²) in [6.07, 6.45) is 0.302. The Balaban J connectivity index is 1.73. The van der Waals surface area contributed by atoms with Gasteiger partial charge in [0.1, 0.15) is 6.04 Å². The Morgan fingerprint density at radius 1 is 0.862 bits per heavy atom. The van der Waals surface area contributed by atoms with E-state index in [0.29, 0.717) is 17.0 Å². The zero-order chi connectivity index (χ0) is 20.4. The highest BCUT2D eigenvalue weighted by Gasteiger charge is 2.22. The smallest absolute Gasteiger partial charge is 0.251 e. The van der Waals surface area contributed by atoms with E-state index >= 15 is 0 Å². The molecule has 0 heterocycles. The van der Waals surface area contributed by atoms with E-state index < -0.39 is 11.9 Å². The molecular weight excluding hydrogens is 384 g/mol. The Kier molecular flexibility index (Phi) is 5.19. The van der Waals surface area contributed by atoms with Gasteiger partial charge in [0.15, 0.2) is 0 Å². The Labute approximate surface area is 173 Å². The van der Waals surface area contributed by atoms with Gasteiger partial charge in [-0.2, -0.15) is 0 Å². The lowest BCUT2D eigenvalue weighted by atomic mass is 9.92. The van der Waals surface area contributed by atoms with Crippen molar-refractivity contribution in [3.63, 3.8) is 0 Å². The van der Waals surface area contributed by atoms with Gasteiger partial charge in [-0.3, -0.25) is 9.59 Å². The molecule has 4 nitrogen and oxygen atoms in total. The van der Waals surface area contributed by atoms with E-state index in [1.165, 1.54) is 0 Å². The summed E-state index contributed by atoms with van der Waals surface area (Å²) >= 11 is 5.89. The molecule has 144 valence electrons. The van der Waals surface area contributed by atoms with Crippen molar-refractivity contribution in [2.75, 3.05) is 0 Å².